The molecule has 9 nitrogen and oxygen atoms in total. The molecule has 0 saturated carbocycles. The minimum absolute atomic E-state index is 0.0214. The molecule has 2 aliphatic rings. The molecule has 2 N–H and O–H groups in total. The third kappa shape index (κ3) is 2.37. The van der Waals surface area contributed by atoms with E-state index in [4.69, 9.17) is 0 Å². The van der Waals surface area contributed by atoms with Crippen molar-refractivity contribution in [2.24, 2.45) is 5.92 Å². The van der Waals surface area contributed by atoms with Gasteiger partial charge in [0.2, 0.25) is 5.91 Å². The lowest BCUT2D eigenvalue weighted by molar-refractivity contribution is -0.163. The zero-order valence-corrected chi connectivity index (χ0v) is 13.5. The van der Waals surface area contributed by atoms with Crippen LogP contribution < -0.4 is 5.32 Å². The summed E-state index contributed by atoms with van der Waals surface area (Å²) in [5.74, 6) is -2.99. The minimum Gasteiger partial charge on any atom is -0.480 e. The normalized spacial score (nSPS) is 30.1. The number of amides is 2. The standard InChI is InChI=1S/C13H18N2O7S/c1-4-5-22-12(19)14-6-7-9(16)15-8(11(17)18)13(2,3)23(20,21)10(7)15/h4,7-8,10H,1,5-6H2,2-3H3,(H,14,19)(H,17,18)/t7-,8+,10-/m1/s1. The number of sulfone groups is 1. The predicted molar refractivity (Wildman–Crippen MR) is 78.1 cm³/mol. The van der Waals surface area contributed by atoms with Crippen LogP contribution in [0.1, 0.15) is 13.8 Å². The van der Waals surface area contributed by atoms with E-state index in [0.717, 1.165) is 4.90 Å². The molecule has 0 spiro atoms. The van der Waals surface area contributed by atoms with Crippen LogP contribution in [0.5, 0.6) is 0 Å². The second kappa shape index (κ2) is 5.52. The lowest BCUT2D eigenvalue weighted by atomic mass is 9.92. The van der Waals surface area contributed by atoms with Crippen LogP contribution in [-0.4, -0.2) is 65.7 Å². The summed E-state index contributed by atoms with van der Waals surface area (Å²) >= 11 is 0. The first kappa shape index (κ1) is 17.3. The number of alkyl carbamates (subject to hydrolysis) is 1. The Morgan fingerprint density at radius 3 is 2.61 bits per heavy atom. The van der Waals surface area contributed by atoms with Crippen molar-refractivity contribution in [2.45, 2.75) is 30.0 Å². The van der Waals surface area contributed by atoms with Gasteiger partial charge < -0.3 is 20.1 Å². The van der Waals surface area contributed by atoms with Gasteiger partial charge in [-0.05, 0) is 13.8 Å². The van der Waals surface area contributed by atoms with E-state index in [9.17, 15) is 27.9 Å². The van der Waals surface area contributed by atoms with Crippen molar-refractivity contribution in [3.63, 3.8) is 0 Å². The van der Waals surface area contributed by atoms with E-state index < -0.39 is 49.9 Å². The van der Waals surface area contributed by atoms with E-state index in [1.165, 1.54) is 19.9 Å². The van der Waals surface area contributed by atoms with Gasteiger partial charge in [0.05, 0.1) is 10.7 Å². The van der Waals surface area contributed by atoms with Crippen molar-refractivity contribution < 1.29 is 32.6 Å². The van der Waals surface area contributed by atoms with E-state index in [1.54, 1.807) is 0 Å². The first-order chi connectivity index (χ1) is 10.6. The van der Waals surface area contributed by atoms with Gasteiger partial charge in [-0.3, -0.25) is 4.79 Å². The van der Waals surface area contributed by atoms with Gasteiger partial charge in [0.25, 0.3) is 0 Å². The third-order valence-electron chi connectivity index (χ3n) is 4.21. The lowest BCUT2D eigenvalue weighted by Crippen LogP contribution is -2.65. The van der Waals surface area contributed by atoms with E-state index in [1.807, 2.05) is 0 Å². The van der Waals surface area contributed by atoms with E-state index in [2.05, 4.69) is 16.6 Å². The van der Waals surface area contributed by atoms with Gasteiger partial charge in [-0.2, -0.15) is 0 Å². The van der Waals surface area contributed by atoms with Gasteiger partial charge in [-0.25, -0.2) is 18.0 Å². The second-order valence-corrected chi connectivity index (χ2v) is 8.53. The van der Waals surface area contributed by atoms with Gasteiger partial charge in [-0.15, -0.1) is 0 Å². The number of rotatable bonds is 5. The molecule has 0 aromatic carbocycles. The summed E-state index contributed by atoms with van der Waals surface area (Å²) in [6, 6.07) is -1.44. The molecule has 2 saturated heterocycles. The molecule has 0 aromatic rings. The SMILES string of the molecule is C=CCOC(=O)NC[C@@H]1C(=O)N2[C@@H](C(=O)O)C(C)(C)S(=O)(=O)[C@H]12. The molecule has 2 rings (SSSR count). The molecular formula is C13H18N2O7S. The third-order valence-corrected chi connectivity index (χ3v) is 7.09. The molecule has 23 heavy (non-hydrogen) atoms. The van der Waals surface area contributed by atoms with Gasteiger partial charge >= 0.3 is 12.1 Å². The number of nitrogens with zero attached hydrogens (tertiary/aromatic N) is 1. The van der Waals surface area contributed by atoms with Gasteiger partial charge in [0, 0.05) is 6.54 Å². The van der Waals surface area contributed by atoms with Crippen LogP contribution in [0, 0.1) is 5.92 Å². The molecule has 2 heterocycles. The molecule has 3 atom stereocenters. The highest BCUT2D eigenvalue weighted by Crippen LogP contribution is 2.48. The van der Waals surface area contributed by atoms with E-state index in [-0.39, 0.29) is 13.2 Å². The summed E-state index contributed by atoms with van der Waals surface area (Å²) in [4.78, 5) is 35.8. The fourth-order valence-corrected chi connectivity index (χ4v) is 5.29. The van der Waals surface area contributed by atoms with Crippen molar-refractivity contribution in [3.8, 4) is 0 Å². The summed E-state index contributed by atoms with van der Waals surface area (Å²) in [5.41, 5.74) is 0. The highest BCUT2D eigenvalue weighted by Gasteiger charge is 2.71. The molecule has 128 valence electrons. The van der Waals surface area contributed by atoms with Crippen molar-refractivity contribution >= 4 is 27.8 Å². The van der Waals surface area contributed by atoms with Crippen molar-refractivity contribution in [1.82, 2.24) is 10.2 Å². The summed E-state index contributed by atoms with van der Waals surface area (Å²) in [7, 11) is -3.89. The van der Waals surface area contributed by atoms with Crippen LogP contribution in [0.15, 0.2) is 12.7 Å². The smallest absolute Gasteiger partial charge is 0.407 e. The highest BCUT2D eigenvalue weighted by atomic mass is 32.2. The van der Waals surface area contributed by atoms with Crippen LogP contribution >= 0.6 is 0 Å². The predicted octanol–water partition coefficient (Wildman–Crippen LogP) is -0.657. The molecule has 0 bridgehead atoms. The summed E-state index contributed by atoms with van der Waals surface area (Å²) < 4.78 is 28.2. The Morgan fingerprint density at radius 1 is 1.48 bits per heavy atom. The average Bonchev–Trinajstić information content (AvgIpc) is 2.59. The Morgan fingerprint density at radius 2 is 2.09 bits per heavy atom. The first-order valence-corrected chi connectivity index (χ1v) is 8.42. The Hall–Kier alpha value is -2.10. The van der Waals surface area contributed by atoms with Crippen LogP contribution in [-0.2, 0) is 24.2 Å². The maximum Gasteiger partial charge on any atom is 0.407 e. The van der Waals surface area contributed by atoms with Crippen LogP contribution in [0.4, 0.5) is 4.79 Å². The van der Waals surface area contributed by atoms with Crippen LogP contribution in [0.25, 0.3) is 0 Å². The Bertz CT molecular complexity index is 670. The lowest BCUT2D eigenvalue weighted by Gasteiger charge is -2.42. The summed E-state index contributed by atoms with van der Waals surface area (Å²) in [6.45, 7) is 5.68. The van der Waals surface area contributed by atoms with E-state index in [0.29, 0.717) is 0 Å². The zero-order valence-electron chi connectivity index (χ0n) is 12.7. The van der Waals surface area contributed by atoms with Crippen molar-refractivity contribution in [1.29, 1.82) is 0 Å². The number of nitrogens with one attached hydrogen (secondary N) is 1. The second-order valence-electron chi connectivity index (χ2n) is 5.90. The minimum atomic E-state index is -3.89. The number of hydrogen-bond acceptors (Lipinski definition) is 6. The molecule has 2 fully saturated rings. The molecule has 10 heteroatoms. The number of ether oxygens (including phenoxy) is 1. The monoisotopic (exact) mass is 346 g/mol. The zero-order chi connectivity index (χ0) is 17.6. The maximum atomic E-state index is 12.5. The maximum absolute atomic E-state index is 12.5. The molecule has 2 aliphatic heterocycles. The topological polar surface area (TPSA) is 130 Å². The number of carboxylic acids is 1. The first-order valence-electron chi connectivity index (χ1n) is 6.87. The number of β-lactam (4-membered cyclic amide) rings is 1. The number of hydrogen-bond donors (Lipinski definition) is 2. The average molecular weight is 346 g/mol. The number of carbonyl (C=O) groups excluding carboxylic acids is 2. The molecule has 0 aromatic heterocycles. The van der Waals surface area contributed by atoms with Crippen LogP contribution in [0.2, 0.25) is 0 Å². The summed E-state index contributed by atoms with van der Waals surface area (Å²) in [5, 5.41) is 10.3. The van der Waals surface area contributed by atoms with Gasteiger partial charge in [0.1, 0.15) is 18.0 Å². The van der Waals surface area contributed by atoms with Crippen LogP contribution in [0.3, 0.4) is 0 Å². The fourth-order valence-electron chi connectivity index (χ4n) is 2.98. The number of carboxylic acid groups (broad SMARTS) is 1. The molecule has 2 amide bonds. The Kier molecular flexibility index (Phi) is 4.14. The van der Waals surface area contributed by atoms with E-state index >= 15 is 0 Å². The van der Waals surface area contributed by atoms with Crippen molar-refractivity contribution in [2.75, 3.05) is 13.2 Å². The number of carbonyl (C=O) groups is 3. The largest absolute Gasteiger partial charge is 0.480 e. The molecule has 0 radical (unpaired) electrons. The van der Waals surface area contributed by atoms with Gasteiger partial charge in [0.15, 0.2) is 9.84 Å². The molecule has 0 unspecified atom stereocenters. The molecule has 0 aliphatic carbocycles. The molecular weight excluding hydrogens is 328 g/mol. The van der Waals surface area contributed by atoms with Gasteiger partial charge in [-0.1, -0.05) is 12.7 Å². The Balaban J connectivity index is 2.17. The fraction of sp³-hybridized carbons (Fsp3) is 0.615. The van der Waals surface area contributed by atoms with Crippen molar-refractivity contribution in [3.05, 3.63) is 12.7 Å². The quantitative estimate of drug-likeness (QED) is 0.499. The number of fused-ring (bicyclic) bond motifs is 1. The number of aliphatic carboxylic acids is 1. The summed E-state index contributed by atoms with van der Waals surface area (Å²) in [6.07, 6.45) is 0.553. The Labute approximate surface area is 133 Å². The highest BCUT2D eigenvalue weighted by molar-refractivity contribution is 7.93.